The van der Waals surface area contributed by atoms with E-state index in [4.69, 9.17) is 5.41 Å². The van der Waals surface area contributed by atoms with Gasteiger partial charge in [0.25, 0.3) is 5.56 Å². The molecule has 1 heterocycles. The molecule has 2 N–H and O–H groups in total. The molecule has 56 valence electrons. The summed E-state index contributed by atoms with van der Waals surface area (Å²) in [4.78, 5) is 20.4. The van der Waals surface area contributed by atoms with Crippen molar-refractivity contribution in [1.29, 1.82) is 5.41 Å². The maximum Gasteiger partial charge on any atom is 0.275 e. The maximum absolute atomic E-state index is 10.8. The van der Waals surface area contributed by atoms with Gasteiger partial charge in [0.15, 0.2) is 0 Å². The number of H-pyrrole nitrogens is 1. The summed E-state index contributed by atoms with van der Waals surface area (Å²) in [5, 5.41) is 6.56. The van der Waals surface area contributed by atoms with Gasteiger partial charge >= 0.3 is 0 Å². The summed E-state index contributed by atoms with van der Waals surface area (Å²) in [6.07, 6.45) is 4.96. The van der Waals surface area contributed by atoms with Crippen molar-refractivity contribution in [3.63, 3.8) is 0 Å². The van der Waals surface area contributed by atoms with Crippen LogP contribution >= 0.6 is 0 Å². The van der Waals surface area contributed by atoms with E-state index in [2.05, 4.69) is 15.0 Å². The number of aromatic amines is 1. The van der Waals surface area contributed by atoms with Gasteiger partial charge in [-0.1, -0.05) is 0 Å². The second-order valence-corrected chi connectivity index (χ2v) is 1.71. The fourth-order valence-electron chi connectivity index (χ4n) is 0.563. The lowest BCUT2D eigenvalue weighted by Gasteiger charge is -1.85. The molecular formula is C6H6N4O. The summed E-state index contributed by atoms with van der Waals surface area (Å²) in [5.41, 5.74) is -0.103. The minimum Gasteiger partial charge on any atom is -0.326 e. The first-order valence-electron chi connectivity index (χ1n) is 2.90. The number of nitrogens with one attached hydrogen (secondary N) is 2. The predicted octanol–water partition coefficient (Wildman–Crippen LogP) is -0.204. The quantitative estimate of drug-likeness (QED) is 0.452. The van der Waals surface area contributed by atoms with Crippen molar-refractivity contribution in [2.75, 3.05) is 0 Å². The zero-order valence-electron chi connectivity index (χ0n) is 5.61. The van der Waals surface area contributed by atoms with Crippen molar-refractivity contribution in [3.05, 3.63) is 28.4 Å². The Balaban J connectivity index is 3.04. The highest BCUT2D eigenvalue weighted by molar-refractivity contribution is 5.82. The molecule has 0 aliphatic carbocycles. The topological polar surface area (TPSA) is 82.0 Å². The van der Waals surface area contributed by atoms with Crippen LogP contribution in [0.1, 0.15) is 5.69 Å². The molecule has 0 spiro atoms. The summed E-state index contributed by atoms with van der Waals surface area (Å²) in [6, 6.07) is 0. The lowest BCUT2D eigenvalue weighted by Crippen LogP contribution is -2.12. The molecule has 11 heavy (non-hydrogen) atoms. The van der Waals surface area contributed by atoms with E-state index in [9.17, 15) is 4.79 Å². The molecule has 0 bridgehead atoms. The Kier molecular flexibility index (Phi) is 2.27. The molecule has 0 saturated heterocycles. The number of hydrogen-bond acceptors (Lipinski definition) is 3. The molecule has 0 amide bonds. The van der Waals surface area contributed by atoms with Crippen molar-refractivity contribution < 1.29 is 0 Å². The average Bonchev–Trinajstić information content (AvgIpc) is 2.03. The number of hydrogen-bond donors (Lipinski definition) is 2. The standard InChI is InChI=1S/C6H6N4O/c7-4-8-3-5-6(11)10-2-1-9-5/h1-4,7H,(H,10,11). The molecule has 0 unspecified atom stereocenters. The van der Waals surface area contributed by atoms with Crippen LogP contribution in [0.5, 0.6) is 0 Å². The zero-order chi connectivity index (χ0) is 8.10. The van der Waals surface area contributed by atoms with Gasteiger partial charge in [-0.3, -0.25) is 10.2 Å². The van der Waals surface area contributed by atoms with Crippen LogP contribution in [0.2, 0.25) is 0 Å². The fraction of sp³-hybridized carbons (Fsp3) is 0. The molecular weight excluding hydrogens is 144 g/mol. The maximum atomic E-state index is 10.8. The van der Waals surface area contributed by atoms with Crippen molar-refractivity contribution in [3.8, 4) is 0 Å². The van der Waals surface area contributed by atoms with E-state index in [1.54, 1.807) is 0 Å². The Morgan fingerprint density at radius 3 is 3.18 bits per heavy atom. The largest absolute Gasteiger partial charge is 0.326 e. The van der Waals surface area contributed by atoms with E-state index < -0.39 is 0 Å². The van der Waals surface area contributed by atoms with Crippen LogP contribution < -0.4 is 5.56 Å². The molecule has 1 rings (SSSR count). The molecule has 1 aromatic heterocycles. The highest BCUT2D eigenvalue weighted by Gasteiger charge is 1.92. The molecule has 5 nitrogen and oxygen atoms in total. The lowest BCUT2D eigenvalue weighted by atomic mass is 10.5. The molecule has 5 heteroatoms. The van der Waals surface area contributed by atoms with E-state index >= 15 is 0 Å². The molecule has 0 aliphatic heterocycles. The Bertz CT molecular complexity index is 327. The summed E-state index contributed by atoms with van der Waals surface area (Å²) in [6.45, 7) is 0. The van der Waals surface area contributed by atoms with Crippen LogP contribution in [0.3, 0.4) is 0 Å². The highest BCUT2D eigenvalue weighted by Crippen LogP contribution is 1.74. The molecule has 0 saturated carbocycles. The van der Waals surface area contributed by atoms with Crippen LogP contribution in [0.25, 0.3) is 0 Å². The Morgan fingerprint density at radius 2 is 2.55 bits per heavy atom. The van der Waals surface area contributed by atoms with Gasteiger partial charge in [-0.25, -0.2) is 9.98 Å². The van der Waals surface area contributed by atoms with E-state index in [0.717, 1.165) is 6.34 Å². The van der Waals surface area contributed by atoms with Crippen LogP contribution in [0, 0.1) is 5.41 Å². The number of aromatic nitrogens is 2. The van der Waals surface area contributed by atoms with Gasteiger partial charge in [0.05, 0.1) is 6.21 Å². The Morgan fingerprint density at radius 1 is 1.73 bits per heavy atom. The van der Waals surface area contributed by atoms with Crippen molar-refractivity contribution in [1.82, 2.24) is 9.97 Å². The van der Waals surface area contributed by atoms with Gasteiger partial charge in [0, 0.05) is 12.4 Å². The van der Waals surface area contributed by atoms with Gasteiger partial charge in [0.1, 0.15) is 12.0 Å². The smallest absolute Gasteiger partial charge is 0.275 e. The van der Waals surface area contributed by atoms with Gasteiger partial charge in [-0.05, 0) is 0 Å². The predicted molar refractivity (Wildman–Crippen MR) is 41.2 cm³/mol. The normalized spacial score (nSPS) is 10.2. The third-order valence-corrected chi connectivity index (χ3v) is 1.01. The van der Waals surface area contributed by atoms with Crippen molar-refractivity contribution >= 4 is 12.6 Å². The van der Waals surface area contributed by atoms with Crippen molar-refractivity contribution in [2.24, 2.45) is 4.99 Å². The van der Waals surface area contributed by atoms with E-state index in [-0.39, 0.29) is 11.3 Å². The molecule has 0 radical (unpaired) electrons. The minimum atomic E-state index is -0.307. The van der Waals surface area contributed by atoms with Crippen LogP contribution in [-0.4, -0.2) is 22.5 Å². The fourth-order valence-corrected chi connectivity index (χ4v) is 0.563. The second-order valence-electron chi connectivity index (χ2n) is 1.71. The second kappa shape index (κ2) is 3.40. The first-order chi connectivity index (χ1) is 5.34. The number of aliphatic imine (C=N–C) groups is 1. The average molecular weight is 150 g/mol. The van der Waals surface area contributed by atoms with E-state index in [0.29, 0.717) is 0 Å². The third kappa shape index (κ3) is 1.82. The SMILES string of the molecule is N=CN=Cc1ncc[nH]c1=O. The first-order valence-corrected chi connectivity index (χ1v) is 2.90. The highest BCUT2D eigenvalue weighted by atomic mass is 16.1. The molecule has 0 aliphatic rings. The summed E-state index contributed by atoms with van der Waals surface area (Å²) < 4.78 is 0. The van der Waals surface area contributed by atoms with Crippen LogP contribution in [0.15, 0.2) is 22.2 Å². The molecule has 0 fully saturated rings. The van der Waals surface area contributed by atoms with Crippen LogP contribution in [0.4, 0.5) is 0 Å². The Hall–Kier alpha value is -1.78. The Labute approximate surface area is 62.3 Å². The zero-order valence-corrected chi connectivity index (χ0v) is 5.61. The van der Waals surface area contributed by atoms with Gasteiger partial charge in [-0.2, -0.15) is 0 Å². The van der Waals surface area contributed by atoms with E-state index in [1.807, 2.05) is 0 Å². The summed E-state index contributed by atoms with van der Waals surface area (Å²) in [5.74, 6) is 0. The molecule has 0 aromatic carbocycles. The minimum absolute atomic E-state index is 0.205. The molecule has 0 atom stereocenters. The van der Waals surface area contributed by atoms with Gasteiger partial charge in [-0.15, -0.1) is 0 Å². The van der Waals surface area contributed by atoms with Gasteiger partial charge in [0.2, 0.25) is 0 Å². The monoisotopic (exact) mass is 150 g/mol. The van der Waals surface area contributed by atoms with Crippen LogP contribution in [-0.2, 0) is 0 Å². The van der Waals surface area contributed by atoms with Crippen molar-refractivity contribution in [2.45, 2.75) is 0 Å². The van der Waals surface area contributed by atoms with E-state index in [1.165, 1.54) is 18.6 Å². The van der Waals surface area contributed by atoms with Gasteiger partial charge < -0.3 is 4.98 Å². The number of nitrogens with zero attached hydrogens (tertiary/aromatic N) is 2. The molecule has 1 aromatic rings. The summed E-state index contributed by atoms with van der Waals surface area (Å²) in [7, 11) is 0. The first kappa shape index (κ1) is 7.33. The number of rotatable bonds is 2. The lowest BCUT2D eigenvalue weighted by molar-refractivity contribution is 1.12. The summed E-state index contributed by atoms with van der Waals surface area (Å²) >= 11 is 0. The third-order valence-electron chi connectivity index (χ3n) is 1.01.